The van der Waals surface area contributed by atoms with Gasteiger partial charge < -0.3 is 5.32 Å². The van der Waals surface area contributed by atoms with Crippen molar-refractivity contribution in [2.24, 2.45) is 5.41 Å². The van der Waals surface area contributed by atoms with Crippen LogP contribution in [0.2, 0.25) is 0 Å². The summed E-state index contributed by atoms with van der Waals surface area (Å²) in [5, 5.41) is 3.67. The van der Waals surface area contributed by atoms with Gasteiger partial charge in [0.15, 0.2) is 0 Å². The molecule has 0 spiro atoms. The van der Waals surface area contributed by atoms with Crippen LogP contribution in [0.15, 0.2) is 0 Å². The molecule has 2 fully saturated rings. The molecule has 3 heteroatoms. The SMILES string of the molecule is CCNCC1(CN2CCN(C)C(C)(C)C2)CCCCCC1. The van der Waals surface area contributed by atoms with E-state index in [0.29, 0.717) is 11.0 Å². The van der Waals surface area contributed by atoms with Gasteiger partial charge in [-0.1, -0.05) is 32.6 Å². The zero-order chi connectivity index (χ0) is 15.3. The zero-order valence-electron chi connectivity index (χ0n) is 14.9. The fourth-order valence-corrected chi connectivity index (χ4v) is 4.21. The molecule has 0 aromatic carbocycles. The van der Waals surface area contributed by atoms with Crippen LogP contribution in [-0.2, 0) is 0 Å². The summed E-state index contributed by atoms with van der Waals surface area (Å²) in [6.07, 6.45) is 8.61. The molecule has 1 aliphatic heterocycles. The minimum atomic E-state index is 0.322. The highest BCUT2D eigenvalue weighted by Gasteiger charge is 2.37. The summed E-state index contributed by atoms with van der Waals surface area (Å²) in [5.41, 5.74) is 0.848. The molecule has 0 atom stereocenters. The number of hydrogen-bond donors (Lipinski definition) is 1. The van der Waals surface area contributed by atoms with E-state index in [-0.39, 0.29) is 0 Å². The van der Waals surface area contributed by atoms with E-state index >= 15 is 0 Å². The van der Waals surface area contributed by atoms with E-state index in [4.69, 9.17) is 0 Å². The van der Waals surface area contributed by atoms with Crippen LogP contribution in [0, 0.1) is 5.41 Å². The van der Waals surface area contributed by atoms with Crippen LogP contribution in [-0.4, -0.2) is 61.7 Å². The Hall–Kier alpha value is -0.120. The Balaban J connectivity index is 2.00. The Bertz CT molecular complexity index is 306. The summed E-state index contributed by atoms with van der Waals surface area (Å²) in [6, 6.07) is 0. The molecule has 2 aliphatic rings. The summed E-state index contributed by atoms with van der Waals surface area (Å²) >= 11 is 0. The smallest absolute Gasteiger partial charge is 0.0277 e. The number of likely N-dealkylation sites (N-methyl/N-ethyl adjacent to an activating group) is 1. The van der Waals surface area contributed by atoms with Crippen molar-refractivity contribution in [3.63, 3.8) is 0 Å². The van der Waals surface area contributed by atoms with Gasteiger partial charge in [0.05, 0.1) is 0 Å². The van der Waals surface area contributed by atoms with Crippen LogP contribution in [0.5, 0.6) is 0 Å². The molecule has 1 aliphatic carbocycles. The third-order valence-corrected chi connectivity index (χ3v) is 5.87. The predicted molar refractivity (Wildman–Crippen MR) is 91.8 cm³/mol. The molecule has 1 saturated carbocycles. The van der Waals surface area contributed by atoms with E-state index in [1.54, 1.807) is 0 Å². The second kappa shape index (κ2) is 7.43. The number of piperazine rings is 1. The van der Waals surface area contributed by atoms with Crippen molar-refractivity contribution in [1.82, 2.24) is 15.1 Å². The lowest BCUT2D eigenvalue weighted by Gasteiger charge is -2.48. The normalized spacial score (nSPS) is 27.4. The van der Waals surface area contributed by atoms with Gasteiger partial charge in [-0.05, 0) is 45.7 Å². The number of rotatable bonds is 5. The van der Waals surface area contributed by atoms with Gasteiger partial charge in [0.2, 0.25) is 0 Å². The second-order valence-corrected chi connectivity index (χ2v) is 8.14. The van der Waals surface area contributed by atoms with Gasteiger partial charge in [-0.25, -0.2) is 0 Å². The van der Waals surface area contributed by atoms with Crippen molar-refractivity contribution >= 4 is 0 Å². The van der Waals surface area contributed by atoms with Crippen molar-refractivity contribution in [2.45, 2.75) is 64.8 Å². The predicted octanol–water partition coefficient (Wildman–Crippen LogP) is 2.96. The molecule has 1 saturated heterocycles. The Kier molecular flexibility index (Phi) is 6.10. The van der Waals surface area contributed by atoms with Gasteiger partial charge in [0.1, 0.15) is 0 Å². The molecule has 0 unspecified atom stereocenters. The maximum atomic E-state index is 3.67. The second-order valence-electron chi connectivity index (χ2n) is 8.14. The first kappa shape index (κ1) is 17.2. The Morgan fingerprint density at radius 2 is 1.67 bits per heavy atom. The van der Waals surface area contributed by atoms with E-state index in [0.717, 1.165) is 6.54 Å². The summed E-state index contributed by atoms with van der Waals surface area (Å²) < 4.78 is 0. The van der Waals surface area contributed by atoms with E-state index in [1.807, 2.05) is 0 Å². The number of hydrogen-bond acceptors (Lipinski definition) is 3. The van der Waals surface area contributed by atoms with Crippen molar-refractivity contribution in [2.75, 3.05) is 46.3 Å². The quantitative estimate of drug-likeness (QED) is 0.787. The third-order valence-electron chi connectivity index (χ3n) is 5.87. The summed E-state index contributed by atoms with van der Waals surface area (Å²) in [7, 11) is 2.28. The van der Waals surface area contributed by atoms with E-state index in [2.05, 4.69) is 42.9 Å². The van der Waals surface area contributed by atoms with Gasteiger partial charge in [0.25, 0.3) is 0 Å². The molecule has 1 heterocycles. The van der Waals surface area contributed by atoms with Gasteiger partial charge in [-0.15, -0.1) is 0 Å². The van der Waals surface area contributed by atoms with Gasteiger partial charge >= 0.3 is 0 Å². The first-order valence-corrected chi connectivity index (χ1v) is 9.12. The highest BCUT2D eigenvalue weighted by molar-refractivity contribution is 4.93. The zero-order valence-corrected chi connectivity index (χ0v) is 14.9. The summed E-state index contributed by atoms with van der Waals surface area (Å²) in [6.45, 7) is 14.3. The monoisotopic (exact) mass is 295 g/mol. The minimum Gasteiger partial charge on any atom is -0.316 e. The molecule has 124 valence electrons. The molecule has 0 aromatic heterocycles. The molecule has 0 aromatic rings. The van der Waals surface area contributed by atoms with Crippen LogP contribution < -0.4 is 5.32 Å². The maximum Gasteiger partial charge on any atom is 0.0277 e. The van der Waals surface area contributed by atoms with Crippen LogP contribution in [0.3, 0.4) is 0 Å². The van der Waals surface area contributed by atoms with Crippen molar-refractivity contribution in [3.05, 3.63) is 0 Å². The molecule has 21 heavy (non-hydrogen) atoms. The molecule has 3 nitrogen and oxygen atoms in total. The fraction of sp³-hybridized carbons (Fsp3) is 1.00. The lowest BCUT2D eigenvalue weighted by molar-refractivity contribution is 0.0120. The molecule has 1 N–H and O–H groups in total. The lowest BCUT2D eigenvalue weighted by Crippen LogP contribution is -2.59. The minimum absolute atomic E-state index is 0.322. The first-order valence-electron chi connectivity index (χ1n) is 9.12. The molecular weight excluding hydrogens is 258 g/mol. The van der Waals surface area contributed by atoms with Crippen LogP contribution in [0.25, 0.3) is 0 Å². The van der Waals surface area contributed by atoms with Gasteiger partial charge in [-0.2, -0.15) is 0 Å². The Morgan fingerprint density at radius 3 is 2.24 bits per heavy atom. The fourth-order valence-electron chi connectivity index (χ4n) is 4.21. The summed E-state index contributed by atoms with van der Waals surface area (Å²) in [4.78, 5) is 5.27. The average molecular weight is 296 g/mol. The maximum absolute atomic E-state index is 3.67. The number of nitrogens with one attached hydrogen (secondary N) is 1. The molecule has 2 rings (SSSR count). The van der Waals surface area contributed by atoms with E-state index in [9.17, 15) is 0 Å². The molecule has 0 bridgehead atoms. The van der Waals surface area contributed by atoms with Crippen LogP contribution in [0.4, 0.5) is 0 Å². The molecule has 0 radical (unpaired) electrons. The highest BCUT2D eigenvalue weighted by Crippen LogP contribution is 2.36. The molecular formula is C18H37N3. The van der Waals surface area contributed by atoms with E-state index < -0.39 is 0 Å². The Morgan fingerprint density at radius 1 is 1.00 bits per heavy atom. The standard InChI is InChI=1S/C18H37N3/c1-5-19-14-18(10-8-6-7-9-11-18)16-21-13-12-20(4)17(2,3)15-21/h19H,5-16H2,1-4H3. The average Bonchev–Trinajstić information content (AvgIpc) is 2.67. The highest BCUT2D eigenvalue weighted by atomic mass is 15.3. The number of nitrogens with zero attached hydrogens (tertiary/aromatic N) is 2. The van der Waals surface area contributed by atoms with Crippen molar-refractivity contribution in [3.8, 4) is 0 Å². The molecule has 0 amide bonds. The van der Waals surface area contributed by atoms with Crippen LogP contribution >= 0.6 is 0 Å². The lowest BCUT2D eigenvalue weighted by atomic mass is 9.79. The van der Waals surface area contributed by atoms with E-state index in [1.165, 1.54) is 71.2 Å². The Labute approximate surface area is 132 Å². The van der Waals surface area contributed by atoms with Gasteiger partial charge in [0, 0.05) is 38.3 Å². The van der Waals surface area contributed by atoms with Gasteiger partial charge in [-0.3, -0.25) is 9.80 Å². The summed E-state index contributed by atoms with van der Waals surface area (Å²) in [5.74, 6) is 0. The third kappa shape index (κ3) is 4.67. The van der Waals surface area contributed by atoms with Crippen molar-refractivity contribution < 1.29 is 0 Å². The first-order chi connectivity index (χ1) is 9.97. The van der Waals surface area contributed by atoms with Crippen LogP contribution in [0.1, 0.15) is 59.3 Å². The largest absolute Gasteiger partial charge is 0.316 e. The topological polar surface area (TPSA) is 18.5 Å². The van der Waals surface area contributed by atoms with Crippen molar-refractivity contribution in [1.29, 1.82) is 0 Å².